The summed E-state index contributed by atoms with van der Waals surface area (Å²) in [5.74, 6) is -1.67. The number of aliphatic hydroxyl groups is 1. The fraction of sp³-hybridized carbons (Fsp3) is 0.769. The van der Waals surface area contributed by atoms with Gasteiger partial charge in [0.1, 0.15) is 18.2 Å². The second-order valence-electron chi connectivity index (χ2n) is 5.48. The average Bonchev–Trinajstić information content (AvgIpc) is 2.33. The lowest BCUT2D eigenvalue weighted by atomic mass is 9.98. The molecular weight excluding hydrogens is 266 g/mol. The van der Waals surface area contributed by atoms with Crippen LogP contribution in [0.2, 0.25) is 0 Å². The van der Waals surface area contributed by atoms with Crippen LogP contribution in [0.4, 0.5) is 4.79 Å². The van der Waals surface area contributed by atoms with Gasteiger partial charge in [-0.3, -0.25) is 4.79 Å². The van der Waals surface area contributed by atoms with E-state index in [1.807, 2.05) is 0 Å². The van der Waals surface area contributed by atoms with Gasteiger partial charge in [0.2, 0.25) is 0 Å². The van der Waals surface area contributed by atoms with Crippen molar-refractivity contribution in [2.45, 2.75) is 45.8 Å². The molecule has 116 valence electrons. The molecule has 7 nitrogen and oxygen atoms in total. The molecule has 0 heterocycles. The Morgan fingerprint density at radius 3 is 2.20 bits per heavy atom. The van der Waals surface area contributed by atoms with Gasteiger partial charge in [-0.25, -0.2) is 9.59 Å². The van der Waals surface area contributed by atoms with Crippen molar-refractivity contribution in [3.63, 3.8) is 0 Å². The molecule has 1 amide bonds. The van der Waals surface area contributed by atoms with Crippen molar-refractivity contribution in [3.8, 4) is 0 Å². The van der Waals surface area contributed by atoms with E-state index in [9.17, 15) is 14.4 Å². The maximum absolute atomic E-state index is 11.6. The molecule has 0 aromatic rings. The Morgan fingerprint density at radius 1 is 1.25 bits per heavy atom. The molecule has 0 aromatic heterocycles. The summed E-state index contributed by atoms with van der Waals surface area (Å²) >= 11 is 0. The van der Waals surface area contributed by atoms with Crippen LogP contribution in [-0.2, 0) is 19.1 Å². The van der Waals surface area contributed by atoms with Crippen LogP contribution in [0.3, 0.4) is 0 Å². The first-order valence-corrected chi connectivity index (χ1v) is 6.31. The summed E-state index contributed by atoms with van der Waals surface area (Å²) < 4.78 is 9.61. The van der Waals surface area contributed by atoms with E-state index < -0.39 is 42.0 Å². The minimum Gasteiger partial charge on any atom is -0.467 e. The van der Waals surface area contributed by atoms with E-state index in [0.717, 1.165) is 0 Å². The molecule has 0 fully saturated rings. The number of hydrogen-bond acceptors (Lipinski definition) is 6. The van der Waals surface area contributed by atoms with Gasteiger partial charge in [-0.2, -0.15) is 0 Å². The van der Waals surface area contributed by atoms with Gasteiger partial charge in [0.05, 0.1) is 7.11 Å². The smallest absolute Gasteiger partial charge is 0.408 e. The molecule has 0 rings (SSSR count). The molecule has 20 heavy (non-hydrogen) atoms. The third-order valence-electron chi connectivity index (χ3n) is 2.47. The van der Waals surface area contributed by atoms with Crippen molar-refractivity contribution >= 4 is 17.8 Å². The zero-order chi connectivity index (χ0) is 15.9. The second-order valence-corrected chi connectivity index (χ2v) is 5.48. The number of carbonyl (C=O) groups is 3. The van der Waals surface area contributed by atoms with Gasteiger partial charge < -0.3 is 19.9 Å². The first-order chi connectivity index (χ1) is 9.10. The van der Waals surface area contributed by atoms with Gasteiger partial charge in [0.25, 0.3) is 0 Å². The van der Waals surface area contributed by atoms with E-state index in [0.29, 0.717) is 0 Å². The third-order valence-corrected chi connectivity index (χ3v) is 2.47. The lowest BCUT2D eigenvalue weighted by Crippen LogP contribution is -2.45. The van der Waals surface area contributed by atoms with Crippen LogP contribution in [0.25, 0.3) is 0 Å². The Bertz CT molecular complexity index is 360. The number of aliphatic hydroxyl groups excluding tert-OH is 1. The predicted octanol–water partition coefficient (Wildman–Crippen LogP) is 0.640. The van der Waals surface area contributed by atoms with Gasteiger partial charge in [-0.15, -0.1) is 0 Å². The minimum absolute atomic E-state index is 0.0330. The Morgan fingerprint density at radius 2 is 1.80 bits per heavy atom. The molecule has 2 atom stereocenters. The lowest BCUT2D eigenvalue weighted by molar-refractivity contribution is -0.143. The Hall–Kier alpha value is -1.63. The van der Waals surface area contributed by atoms with Crippen LogP contribution in [-0.4, -0.2) is 48.3 Å². The molecule has 2 N–H and O–H groups in total. The molecule has 7 heteroatoms. The van der Waals surface area contributed by atoms with Crippen LogP contribution in [0, 0.1) is 5.92 Å². The van der Waals surface area contributed by atoms with E-state index >= 15 is 0 Å². The topological polar surface area (TPSA) is 102 Å². The largest absolute Gasteiger partial charge is 0.467 e. The summed E-state index contributed by atoms with van der Waals surface area (Å²) in [4.78, 5) is 34.6. The number of Topliss-reactive ketones (excluding diaryl/α,β-unsaturated/α-hetero) is 1. The van der Waals surface area contributed by atoms with Crippen LogP contribution in [0.15, 0.2) is 0 Å². The number of hydrogen-bond donors (Lipinski definition) is 2. The van der Waals surface area contributed by atoms with Crippen molar-refractivity contribution in [2.75, 3.05) is 13.7 Å². The van der Waals surface area contributed by atoms with Gasteiger partial charge >= 0.3 is 12.1 Å². The zero-order valence-electron chi connectivity index (χ0n) is 12.6. The van der Waals surface area contributed by atoms with Gasteiger partial charge in [0, 0.05) is 5.92 Å². The molecule has 0 radical (unpaired) electrons. The fourth-order valence-electron chi connectivity index (χ4n) is 1.45. The number of alkyl carbamates (subject to hydrolysis) is 1. The fourth-order valence-corrected chi connectivity index (χ4v) is 1.45. The number of esters is 1. The van der Waals surface area contributed by atoms with E-state index in [-0.39, 0.29) is 6.42 Å². The normalized spacial score (nSPS) is 14.1. The highest BCUT2D eigenvalue weighted by Gasteiger charge is 2.28. The standard InChI is InChI=1S/C13H23NO6/c1-8(10(16)7-15)6-9(11(17)19-5)14-12(18)20-13(2,3)4/h8-9,15H,6-7H2,1-5H3,(H,14,18)/t8-,9-/m0/s1. The molecule has 0 aliphatic rings. The Labute approximate surface area is 118 Å². The summed E-state index contributed by atoms with van der Waals surface area (Å²) in [5.41, 5.74) is -0.697. The van der Waals surface area contributed by atoms with E-state index in [1.54, 1.807) is 27.7 Å². The number of carbonyl (C=O) groups excluding carboxylic acids is 3. The maximum atomic E-state index is 11.6. The van der Waals surface area contributed by atoms with E-state index in [4.69, 9.17) is 9.84 Å². The maximum Gasteiger partial charge on any atom is 0.408 e. The number of nitrogens with one attached hydrogen (secondary N) is 1. The summed E-state index contributed by atoms with van der Waals surface area (Å²) in [6, 6.07) is -1.000. The number of methoxy groups -OCH3 is 1. The number of ketones is 1. The van der Waals surface area contributed by atoms with E-state index in [2.05, 4.69) is 10.1 Å². The molecular formula is C13H23NO6. The van der Waals surface area contributed by atoms with Crippen molar-refractivity contribution in [2.24, 2.45) is 5.92 Å². The summed E-state index contributed by atoms with van der Waals surface area (Å²) in [7, 11) is 1.19. The summed E-state index contributed by atoms with van der Waals surface area (Å²) in [6.45, 7) is 6.03. The van der Waals surface area contributed by atoms with Crippen molar-refractivity contribution in [3.05, 3.63) is 0 Å². The average molecular weight is 289 g/mol. The molecule has 0 aliphatic carbocycles. The molecule has 0 bridgehead atoms. The summed E-state index contributed by atoms with van der Waals surface area (Å²) in [5, 5.41) is 11.1. The van der Waals surface area contributed by atoms with Crippen LogP contribution < -0.4 is 5.32 Å². The van der Waals surface area contributed by atoms with Crippen LogP contribution >= 0.6 is 0 Å². The van der Waals surface area contributed by atoms with Gasteiger partial charge in [0.15, 0.2) is 5.78 Å². The van der Waals surface area contributed by atoms with Gasteiger partial charge in [-0.1, -0.05) is 6.92 Å². The molecule has 0 unspecified atom stereocenters. The Kier molecular flexibility index (Phi) is 7.20. The zero-order valence-corrected chi connectivity index (χ0v) is 12.6. The number of rotatable bonds is 6. The quantitative estimate of drug-likeness (QED) is 0.696. The van der Waals surface area contributed by atoms with Gasteiger partial charge in [-0.05, 0) is 27.2 Å². The van der Waals surface area contributed by atoms with Crippen LogP contribution in [0.5, 0.6) is 0 Å². The van der Waals surface area contributed by atoms with Crippen LogP contribution in [0.1, 0.15) is 34.1 Å². The Balaban J connectivity index is 4.70. The molecule has 0 aliphatic heterocycles. The molecule has 0 spiro atoms. The SMILES string of the molecule is COC(=O)[C@H](C[C@H](C)C(=O)CO)NC(=O)OC(C)(C)C. The molecule has 0 aromatic carbocycles. The van der Waals surface area contributed by atoms with Crippen molar-refractivity contribution < 1.29 is 29.0 Å². The lowest BCUT2D eigenvalue weighted by Gasteiger charge is -2.23. The number of amides is 1. The van der Waals surface area contributed by atoms with Crippen molar-refractivity contribution in [1.29, 1.82) is 0 Å². The van der Waals surface area contributed by atoms with E-state index in [1.165, 1.54) is 7.11 Å². The monoisotopic (exact) mass is 289 g/mol. The first kappa shape index (κ1) is 18.4. The highest BCUT2D eigenvalue weighted by atomic mass is 16.6. The second kappa shape index (κ2) is 7.84. The first-order valence-electron chi connectivity index (χ1n) is 6.31. The predicted molar refractivity (Wildman–Crippen MR) is 71.0 cm³/mol. The minimum atomic E-state index is -1.000. The number of ether oxygens (including phenoxy) is 2. The highest BCUT2D eigenvalue weighted by molar-refractivity contribution is 5.85. The summed E-state index contributed by atoms with van der Waals surface area (Å²) in [6.07, 6.45) is -0.734. The molecule has 0 saturated heterocycles. The van der Waals surface area contributed by atoms with Crippen molar-refractivity contribution in [1.82, 2.24) is 5.32 Å². The highest BCUT2D eigenvalue weighted by Crippen LogP contribution is 2.11. The molecule has 0 saturated carbocycles. The third kappa shape index (κ3) is 7.08.